The van der Waals surface area contributed by atoms with Crippen LogP contribution in [0.15, 0.2) is 24.5 Å². The molecule has 0 aliphatic heterocycles. The number of nitrogens with two attached hydrogens (primary N) is 1. The zero-order valence-electron chi connectivity index (χ0n) is 6.45. The zero-order valence-corrected chi connectivity index (χ0v) is 7.27. The first-order valence-electron chi connectivity index (χ1n) is 3.24. The van der Waals surface area contributed by atoms with E-state index in [4.69, 9.17) is 5.73 Å². The van der Waals surface area contributed by atoms with Crippen LogP contribution in [0.1, 0.15) is 11.6 Å². The highest BCUT2D eigenvalue weighted by molar-refractivity contribution is 5.85. The van der Waals surface area contributed by atoms with Gasteiger partial charge >= 0.3 is 6.18 Å². The van der Waals surface area contributed by atoms with Crippen molar-refractivity contribution < 1.29 is 13.2 Å². The molecule has 1 atom stereocenters. The highest BCUT2D eigenvalue weighted by atomic mass is 35.5. The molecule has 74 valence electrons. The van der Waals surface area contributed by atoms with Crippen LogP contribution in [-0.4, -0.2) is 11.2 Å². The number of aromatic nitrogens is 1. The average molecular weight is 213 g/mol. The maximum absolute atomic E-state index is 12.0. The molecule has 0 bridgehead atoms. The first-order valence-corrected chi connectivity index (χ1v) is 3.24. The Morgan fingerprint density at radius 3 is 2.38 bits per heavy atom. The third-order valence-electron chi connectivity index (χ3n) is 1.40. The van der Waals surface area contributed by atoms with Crippen molar-refractivity contribution in [3.63, 3.8) is 0 Å². The van der Waals surface area contributed by atoms with Crippen LogP contribution in [0.25, 0.3) is 0 Å². The van der Waals surface area contributed by atoms with Crippen LogP contribution >= 0.6 is 12.4 Å². The Labute approximate surface area is 79.4 Å². The molecule has 1 rings (SSSR count). The third-order valence-corrected chi connectivity index (χ3v) is 1.40. The first-order chi connectivity index (χ1) is 5.52. The van der Waals surface area contributed by atoms with Crippen molar-refractivity contribution in [3.8, 4) is 0 Å². The first kappa shape index (κ1) is 12.2. The molecule has 0 amide bonds. The summed E-state index contributed by atoms with van der Waals surface area (Å²) in [5, 5.41) is 0. The molecule has 1 heterocycles. The van der Waals surface area contributed by atoms with Crippen LogP contribution in [0, 0.1) is 0 Å². The number of nitrogens with zero attached hydrogens (tertiary/aromatic N) is 1. The van der Waals surface area contributed by atoms with Gasteiger partial charge in [-0.25, -0.2) is 0 Å². The Morgan fingerprint density at radius 1 is 1.38 bits per heavy atom. The van der Waals surface area contributed by atoms with Crippen LogP contribution in [0.4, 0.5) is 13.2 Å². The molecule has 0 saturated carbocycles. The molecule has 0 aromatic carbocycles. The highest BCUT2D eigenvalue weighted by Crippen LogP contribution is 2.29. The lowest BCUT2D eigenvalue weighted by Crippen LogP contribution is -2.28. The summed E-state index contributed by atoms with van der Waals surface area (Å²) in [5.41, 5.74) is 4.88. The Hall–Kier alpha value is -0.810. The largest absolute Gasteiger partial charge is 0.407 e. The molecule has 0 spiro atoms. The van der Waals surface area contributed by atoms with Gasteiger partial charge in [-0.2, -0.15) is 13.2 Å². The van der Waals surface area contributed by atoms with Crippen molar-refractivity contribution in [2.75, 3.05) is 0 Å². The second-order valence-electron chi connectivity index (χ2n) is 2.31. The molecule has 0 saturated heterocycles. The van der Waals surface area contributed by atoms with E-state index < -0.39 is 12.2 Å². The standard InChI is InChI=1S/C7H7F3N2.ClH/c8-7(9,10)6(11)5-2-1-3-12-4-5;/h1-4,6H,11H2;1H. The van der Waals surface area contributed by atoms with Crippen LogP contribution in [0.2, 0.25) is 0 Å². The fourth-order valence-electron chi connectivity index (χ4n) is 0.749. The average Bonchev–Trinajstić information content (AvgIpc) is 2.03. The predicted molar refractivity (Wildman–Crippen MR) is 44.5 cm³/mol. The number of pyridine rings is 1. The monoisotopic (exact) mass is 212 g/mol. The lowest BCUT2D eigenvalue weighted by atomic mass is 10.1. The molecule has 0 aliphatic rings. The number of hydrogen-bond donors (Lipinski definition) is 1. The summed E-state index contributed by atoms with van der Waals surface area (Å²) in [6.07, 6.45) is -1.90. The zero-order chi connectivity index (χ0) is 9.19. The minimum Gasteiger partial charge on any atom is -0.316 e. The van der Waals surface area contributed by atoms with Gasteiger partial charge in [0.15, 0.2) is 0 Å². The Kier molecular flexibility index (Phi) is 4.16. The van der Waals surface area contributed by atoms with Crippen molar-refractivity contribution >= 4 is 12.4 Å². The SMILES string of the molecule is Cl.NC(c1cccnc1)C(F)(F)F. The predicted octanol–water partition coefficient (Wildman–Crippen LogP) is 2.07. The quantitative estimate of drug-likeness (QED) is 0.774. The summed E-state index contributed by atoms with van der Waals surface area (Å²) in [6, 6.07) is 0.776. The van der Waals surface area contributed by atoms with Gasteiger partial charge in [-0.15, -0.1) is 12.4 Å². The van der Waals surface area contributed by atoms with Crippen molar-refractivity contribution in [2.24, 2.45) is 5.73 Å². The Balaban J connectivity index is 0.00000144. The molecule has 1 unspecified atom stereocenters. The van der Waals surface area contributed by atoms with E-state index in [-0.39, 0.29) is 18.0 Å². The summed E-state index contributed by atoms with van der Waals surface area (Å²) < 4.78 is 35.9. The van der Waals surface area contributed by atoms with E-state index in [9.17, 15) is 13.2 Å². The molecule has 2 nitrogen and oxygen atoms in total. The minimum atomic E-state index is -4.40. The lowest BCUT2D eigenvalue weighted by molar-refractivity contribution is -0.149. The number of rotatable bonds is 1. The summed E-state index contributed by atoms with van der Waals surface area (Å²) in [4.78, 5) is 3.54. The summed E-state index contributed by atoms with van der Waals surface area (Å²) >= 11 is 0. The normalized spacial score (nSPS) is 13.2. The molecule has 0 fully saturated rings. The molecule has 13 heavy (non-hydrogen) atoms. The van der Waals surface area contributed by atoms with E-state index in [1.165, 1.54) is 18.3 Å². The Bertz CT molecular complexity index is 250. The second kappa shape index (κ2) is 4.43. The van der Waals surface area contributed by atoms with Gasteiger partial charge in [-0.1, -0.05) is 6.07 Å². The van der Waals surface area contributed by atoms with E-state index >= 15 is 0 Å². The number of halogens is 4. The smallest absolute Gasteiger partial charge is 0.316 e. The van der Waals surface area contributed by atoms with Crippen molar-refractivity contribution in [1.82, 2.24) is 4.98 Å². The topological polar surface area (TPSA) is 38.9 Å². The van der Waals surface area contributed by atoms with Crippen molar-refractivity contribution in [2.45, 2.75) is 12.2 Å². The van der Waals surface area contributed by atoms with Crippen LogP contribution in [-0.2, 0) is 0 Å². The van der Waals surface area contributed by atoms with Crippen LogP contribution in [0.5, 0.6) is 0 Å². The van der Waals surface area contributed by atoms with E-state index in [0.29, 0.717) is 0 Å². The molecule has 2 N–H and O–H groups in total. The van der Waals surface area contributed by atoms with Crippen LogP contribution in [0.3, 0.4) is 0 Å². The molecule has 1 aromatic heterocycles. The maximum Gasteiger partial charge on any atom is 0.407 e. The van der Waals surface area contributed by atoms with Gasteiger partial charge in [-0.3, -0.25) is 4.98 Å². The molecule has 1 aromatic rings. The van der Waals surface area contributed by atoms with E-state index in [0.717, 1.165) is 6.20 Å². The van der Waals surface area contributed by atoms with E-state index in [1.807, 2.05) is 0 Å². The fraction of sp³-hybridized carbons (Fsp3) is 0.286. The summed E-state index contributed by atoms with van der Waals surface area (Å²) in [7, 11) is 0. The lowest BCUT2D eigenvalue weighted by Gasteiger charge is -2.14. The Morgan fingerprint density at radius 2 is 2.00 bits per heavy atom. The van der Waals surface area contributed by atoms with Crippen molar-refractivity contribution in [1.29, 1.82) is 0 Å². The van der Waals surface area contributed by atoms with Gasteiger partial charge in [-0.05, 0) is 11.6 Å². The van der Waals surface area contributed by atoms with Gasteiger partial charge in [0.2, 0.25) is 0 Å². The maximum atomic E-state index is 12.0. The van der Waals surface area contributed by atoms with Crippen LogP contribution < -0.4 is 5.73 Å². The van der Waals surface area contributed by atoms with Gasteiger partial charge in [0.1, 0.15) is 6.04 Å². The molecular formula is C7H8ClF3N2. The highest BCUT2D eigenvalue weighted by Gasteiger charge is 2.37. The van der Waals surface area contributed by atoms with E-state index in [2.05, 4.69) is 4.98 Å². The molecule has 0 radical (unpaired) electrons. The van der Waals surface area contributed by atoms with Gasteiger partial charge < -0.3 is 5.73 Å². The van der Waals surface area contributed by atoms with Gasteiger partial charge in [0, 0.05) is 12.4 Å². The minimum absolute atomic E-state index is 0. The second-order valence-corrected chi connectivity index (χ2v) is 2.31. The molecule has 6 heteroatoms. The van der Waals surface area contributed by atoms with E-state index in [1.54, 1.807) is 0 Å². The number of alkyl halides is 3. The molecule has 0 aliphatic carbocycles. The molecular weight excluding hydrogens is 205 g/mol. The van der Waals surface area contributed by atoms with Gasteiger partial charge in [0.25, 0.3) is 0 Å². The summed E-state index contributed by atoms with van der Waals surface area (Å²) in [6.45, 7) is 0. The summed E-state index contributed by atoms with van der Waals surface area (Å²) in [5.74, 6) is 0. The third kappa shape index (κ3) is 3.20. The van der Waals surface area contributed by atoms with Gasteiger partial charge in [0.05, 0.1) is 0 Å². The number of hydrogen-bond acceptors (Lipinski definition) is 2. The van der Waals surface area contributed by atoms with Crippen molar-refractivity contribution in [3.05, 3.63) is 30.1 Å². The fourth-order valence-corrected chi connectivity index (χ4v) is 0.749.